The second-order valence-corrected chi connectivity index (χ2v) is 4.54. The summed E-state index contributed by atoms with van der Waals surface area (Å²) in [6.45, 7) is 0.735. The molecule has 0 bridgehead atoms. The van der Waals surface area contributed by atoms with E-state index < -0.39 is 11.5 Å². The minimum absolute atomic E-state index is 0.575. The Morgan fingerprint density at radius 1 is 1.44 bits per heavy atom. The SMILES string of the molecule is O=C(O)C1(c2cccc(Cl)c2)CCCCN1. The molecule has 16 heavy (non-hydrogen) atoms. The van der Waals surface area contributed by atoms with Crippen LogP contribution < -0.4 is 5.32 Å². The summed E-state index contributed by atoms with van der Waals surface area (Å²) >= 11 is 5.91. The fraction of sp³-hybridized carbons (Fsp3) is 0.417. The number of aliphatic carboxylic acids is 1. The van der Waals surface area contributed by atoms with Gasteiger partial charge >= 0.3 is 5.97 Å². The molecule has 1 aliphatic rings. The fourth-order valence-electron chi connectivity index (χ4n) is 2.21. The summed E-state index contributed by atoms with van der Waals surface area (Å²) in [6.07, 6.45) is 2.56. The highest BCUT2D eigenvalue weighted by atomic mass is 35.5. The minimum atomic E-state index is -0.955. The van der Waals surface area contributed by atoms with Gasteiger partial charge in [0.25, 0.3) is 0 Å². The first-order valence-electron chi connectivity index (χ1n) is 5.40. The Morgan fingerprint density at radius 2 is 2.25 bits per heavy atom. The molecule has 0 spiro atoms. The van der Waals surface area contributed by atoms with E-state index in [2.05, 4.69) is 5.32 Å². The molecule has 1 atom stereocenters. The van der Waals surface area contributed by atoms with E-state index in [1.807, 2.05) is 6.07 Å². The summed E-state index contributed by atoms with van der Waals surface area (Å²) in [5.41, 5.74) is -0.212. The van der Waals surface area contributed by atoms with E-state index in [4.69, 9.17) is 11.6 Å². The molecule has 0 aromatic heterocycles. The highest BCUT2D eigenvalue weighted by Crippen LogP contribution is 2.31. The van der Waals surface area contributed by atoms with Gasteiger partial charge in [0.15, 0.2) is 0 Å². The molecule has 2 N–H and O–H groups in total. The Morgan fingerprint density at radius 3 is 2.81 bits per heavy atom. The van der Waals surface area contributed by atoms with Crippen LogP contribution in [0.15, 0.2) is 24.3 Å². The lowest BCUT2D eigenvalue weighted by atomic mass is 9.82. The zero-order chi connectivity index (χ0) is 11.6. The van der Waals surface area contributed by atoms with Crippen LogP contribution in [-0.2, 0) is 10.3 Å². The van der Waals surface area contributed by atoms with Gasteiger partial charge in [0, 0.05) is 5.02 Å². The highest BCUT2D eigenvalue weighted by molar-refractivity contribution is 6.30. The van der Waals surface area contributed by atoms with Gasteiger partial charge in [0.2, 0.25) is 0 Å². The van der Waals surface area contributed by atoms with Crippen molar-refractivity contribution in [3.05, 3.63) is 34.9 Å². The topological polar surface area (TPSA) is 49.3 Å². The van der Waals surface area contributed by atoms with Gasteiger partial charge in [-0.1, -0.05) is 23.7 Å². The third-order valence-electron chi connectivity index (χ3n) is 3.09. The summed E-state index contributed by atoms with van der Waals surface area (Å²) < 4.78 is 0. The van der Waals surface area contributed by atoms with E-state index in [-0.39, 0.29) is 0 Å². The van der Waals surface area contributed by atoms with Crippen molar-refractivity contribution < 1.29 is 9.90 Å². The van der Waals surface area contributed by atoms with Gasteiger partial charge in [-0.2, -0.15) is 0 Å². The van der Waals surface area contributed by atoms with Gasteiger partial charge < -0.3 is 5.11 Å². The molecule has 1 aromatic rings. The highest BCUT2D eigenvalue weighted by Gasteiger charge is 2.41. The fourth-order valence-corrected chi connectivity index (χ4v) is 2.40. The molecule has 1 heterocycles. The van der Waals surface area contributed by atoms with Crippen LogP contribution in [0.3, 0.4) is 0 Å². The van der Waals surface area contributed by atoms with Crippen LogP contribution in [0.1, 0.15) is 24.8 Å². The van der Waals surface area contributed by atoms with Crippen molar-refractivity contribution in [3.8, 4) is 0 Å². The largest absolute Gasteiger partial charge is 0.480 e. The van der Waals surface area contributed by atoms with Gasteiger partial charge in [-0.25, -0.2) is 4.79 Å². The van der Waals surface area contributed by atoms with Gasteiger partial charge in [0.1, 0.15) is 5.54 Å². The number of halogens is 1. The number of carbonyl (C=O) groups is 1. The molecule has 0 saturated carbocycles. The second-order valence-electron chi connectivity index (χ2n) is 4.10. The number of hydrogen-bond donors (Lipinski definition) is 2. The Labute approximate surface area is 99.4 Å². The van der Waals surface area contributed by atoms with Crippen LogP contribution in [-0.4, -0.2) is 17.6 Å². The molecule has 0 radical (unpaired) electrons. The number of piperidine rings is 1. The molecule has 1 unspecified atom stereocenters. The van der Waals surface area contributed by atoms with Crippen molar-refractivity contribution in [2.45, 2.75) is 24.8 Å². The van der Waals surface area contributed by atoms with Crippen molar-refractivity contribution in [1.29, 1.82) is 0 Å². The van der Waals surface area contributed by atoms with E-state index in [1.54, 1.807) is 18.2 Å². The lowest BCUT2D eigenvalue weighted by Gasteiger charge is -2.34. The van der Waals surface area contributed by atoms with E-state index in [0.29, 0.717) is 11.4 Å². The Hall–Kier alpha value is -1.06. The van der Waals surface area contributed by atoms with Crippen molar-refractivity contribution >= 4 is 17.6 Å². The van der Waals surface area contributed by atoms with Crippen LogP contribution in [0.25, 0.3) is 0 Å². The van der Waals surface area contributed by atoms with Crippen molar-refractivity contribution in [2.75, 3.05) is 6.54 Å². The van der Waals surface area contributed by atoms with Crippen molar-refractivity contribution in [1.82, 2.24) is 5.32 Å². The van der Waals surface area contributed by atoms with Crippen molar-refractivity contribution in [2.24, 2.45) is 0 Å². The number of hydrogen-bond acceptors (Lipinski definition) is 2. The van der Waals surface area contributed by atoms with E-state index in [9.17, 15) is 9.90 Å². The maximum Gasteiger partial charge on any atom is 0.328 e. The summed E-state index contributed by atoms with van der Waals surface area (Å²) in [5.74, 6) is -0.825. The zero-order valence-electron chi connectivity index (χ0n) is 8.87. The lowest BCUT2D eigenvalue weighted by molar-refractivity contribution is -0.146. The number of benzene rings is 1. The van der Waals surface area contributed by atoms with Crippen LogP contribution in [0.2, 0.25) is 5.02 Å². The number of carboxylic acid groups (broad SMARTS) is 1. The first kappa shape index (κ1) is 11.4. The van der Waals surface area contributed by atoms with Crippen LogP contribution in [0.5, 0.6) is 0 Å². The molecule has 1 aromatic carbocycles. The summed E-state index contributed by atoms with van der Waals surface area (Å²) in [7, 11) is 0. The van der Waals surface area contributed by atoms with Gasteiger partial charge in [-0.05, 0) is 43.5 Å². The standard InChI is InChI=1S/C12H14ClNO2/c13-10-5-3-4-9(8-10)12(11(15)16)6-1-2-7-14-12/h3-5,8,14H,1-2,6-7H2,(H,15,16). The average Bonchev–Trinajstić information content (AvgIpc) is 2.30. The molecule has 1 saturated heterocycles. The molecule has 0 aliphatic carbocycles. The molecular weight excluding hydrogens is 226 g/mol. The van der Waals surface area contributed by atoms with E-state index in [1.165, 1.54) is 0 Å². The molecule has 0 amide bonds. The zero-order valence-corrected chi connectivity index (χ0v) is 9.63. The monoisotopic (exact) mass is 239 g/mol. The molecule has 3 nitrogen and oxygen atoms in total. The number of nitrogens with one attached hydrogen (secondary N) is 1. The maximum absolute atomic E-state index is 11.5. The molecule has 1 aliphatic heterocycles. The Bertz CT molecular complexity index is 400. The predicted molar refractivity (Wildman–Crippen MR) is 62.6 cm³/mol. The average molecular weight is 240 g/mol. The molecule has 1 fully saturated rings. The quantitative estimate of drug-likeness (QED) is 0.833. The van der Waals surface area contributed by atoms with Gasteiger partial charge in [-0.15, -0.1) is 0 Å². The molecular formula is C12H14ClNO2. The predicted octanol–water partition coefficient (Wildman–Crippen LogP) is 2.39. The minimum Gasteiger partial charge on any atom is -0.480 e. The first-order valence-corrected chi connectivity index (χ1v) is 5.77. The molecule has 86 valence electrons. The Balaban J connectivity index is 2.42. The van der Waals surface area contributed by atoms with Gasteiger partial charge in [0.05, 0.1) is 0 Å². The molecule has 4 heteroatoms. The second kappa shape index (κ2) is 4.44. The lowest BCUT2D eigenvalue weighted by Crippen LogP contribution is -2.51. The summed E-state index contributed by atoms with van der Waals surface area (Å²) in [5, 5.41) is 13.1. The smallest absolute Gasteiger partial charge is 0.328 e. The van der Waals surface area contributed by atoms with E-state index in [0.717, 1.165) is 24.9 Å². The number of rotatable bonds is 2. The third-order valence-corrected chi connectivity index (χ3v) is 3.32. The Kier molecular flexibility index (Phi) is 3.17. The van der Waals surface area contributed by atoms with E-state index >= 15 is 0 Å². The molecule has 2 rings (SSSR count). The van der Waals surface area contributed by atoms with Crippen molar-refractivity contribution in [3.63, 3.8) is 0 Å². The van der Waals surface area contributed by atoms with Crippen LogP contribution in [0, 0.1) is 0 Å². The normalized spacial score (nSPS) is 25.3. The van der Waals surface area contributed by atoms with Gasteiger partial charge in [-0.3, -0.25) is 5.32 Å². The number of carboxylic acids is 1. The summed E-state index contributed by atoms with van der Waals surface area (Å²) in [6, 6.07) is 7.09. The van der Waals surface area contributed by atoms with Crippen LogP contribution in [0.4, 0.5) is 0 Å². The summed E-state index contributed by atoms with van der Waals surface area (Å²) in [4.78, 5) is 11.5. The van der Waals surface area contributed by atoms with Crippen LogP contribution >= 0.6 is 11.6 Å². The third kappa shape index (κ3) is 1.93. The first-order chi connectivity index (χ1) is 7.65. The maximum atomic E-state index is 11.5.